The molecule has 0 heterocycles. The molecule has 0 amide bonds. The highest BCUT2D eigenvalue weighted by atomic mass is 31.2. The van der Waals surface area contributed by atoms with Gasteiger partial charge in [-0.25, -0.2) is 4.57 Å². The van der Waals surface area contributed by atoms with E-state index in [-0.39, 0.29) is 32.6 Å². The fourth-order valence-electron chi connectivity index (χ4n) is 5.61. The Bertz CT molecular complexity index is 1090. The van der Waals surface area contributed by atoms with Crippen molar-refractivity contribution in [2.75, 3.05) is 26.4 Å². The maximum absolute atomic E-state index is 12.6. The molecule has 3 N–H and O–H groups in total. The second-order valence-corrected chi connectivity index (χ2v) is 15.7. The number of phosphoric ester groups is 1. The number of nitrogens with two attached hydrogens (primary N) is 1. The lowest BCUT2D eigenvalue weighted by molar-refractivity contribution is -0.161. The minimum Gasteiger partial charge on any atom is -0.462 e. The van der Waals surface area contributed by atoms with E-state index in [0.717, 1.165) is 70.6 Å². The highest BCUT2D eigenvalue weighted by Crippen LogP contribution is 2.43. The van der Waals surface area contributed by atoms with Gasteiger partial charge in [0.05, 0.1) is 13.2 Å². The molecule has 318 valence electrons. The molecule has 0 fully saturated rings. The highest BCUT2D eigenvalue weighted by molar-refractivity contribution is 7.47. The van der Waals surface area contributed by atoms with E-state index < -0.39 is 32.5 Å². The van der Waals surface area contributed by atoms with Crippen LogP contribution in [0.1, 0.15) is 181 Å². The Morgan fingerprint density at radius 3 is 1.47 bits per heavy atom. The van der Waals surface area contributed by atoms with E-state index in [0.29, 0.717) is 6.42 Å². The molecule has 2 atom stereocenters. The molecular formula is C45H80NO8P. The van der Waals surface area contributed by atoms with E-state index in [2.05, 4.69) is 74.6 Å². The fraction of sp³-hybridized carbons (Fsp3) is 0.733. The van der Waals surface area contributed by atoms with Crippen molar-refractivity contribution >= 4 is 19.8 Å². The van der Waals surface area contributed by atoms with Crippen molar-refractivity contribution in [2.24, 2.45) is 5.73 Å². The summed E-state index contributed by atoms with van der Waals surface area (Å²) < 4.78 is 32.7. The van der Waals surface area contributed by atoms with E-state index in [1.165, 1.54) is 77.0 Å². The van der Waals surface area contributed by atoms with Crippen LogP contribution in [0.2, 0.25) is 0 Å². The Morgan fingerprint density at radius 2 is 0.945 bits per heavy atom. The summed E-state index contributed by atoms with van der Waals surface area (Å²) in [4.78, 5) is 34.9. The third-order valence-corrected chi connectivity index (χ3v) is 9.86. The Labute approximate surface area is 336 Å². The van der Waals surface area contributed by atoms with E-state index >= 15 is 0 Å². The van der Waals surface area contributed by atoms with E-state index in [9.17, 15) is 19.0 Å². The van der Waals surface area contributed by atoms with Gasteiger partial charge in [0.2, 0.25) is 0 Å². The number of allylic oxidation sites excluding steroid dienone is 10. The van der Waals surface area contributed by atoms with Crippen molar-refractivity contribution in [3.8, 4) is 0 Å². The molecule has 0 aliphatic carbocycles. The van der Waals surface area contributed by atoms with Crippen LogP contribution in [0.5, 0.6) is 0 Å². The molecule has 0 aromatic rings. The zero-order chi connectivity index (χ0) is 40.3. The molecule has 0 saturated carbocycles. The van der Waals surface area contributed by atoms with Gasteiger partial charge in [-0.15, -0.1) is 0 Å². The van der Waals surface area contributed by atoms with Gasteiger partial charge in [0, 0.05) is 19.4 Å². The average molecular weight is 794 g/mol. The Kier molecular flexibility index (Phi) is 39.6. The molecule has 10 heteroatoms. The van der Waals surface area contributed by atoms with Crippen molar-refractivity contribution < 1.29 is 37.6 Å². The SMILES string of the molecule is CCCCCC=CCC=CCC=CCC=CCCCCCC(=O)O[C@H](COC(=O)CCCCCCCCCC=CCCCCCC)COP(=O)(O)OCCN. The van der Waals surface area contributed by atoms with Gasteiger partial charge >= 0.3 is 19.8 Å². The lowest BCUT2D eigenvalue weighted by Gasteiger charge is -2.19. The topological polar surface area (TPSA) is 134 Å². The first kappa shape index (κ1) is 52.7. The van der Waals surface area contributed by atoms with E-state index in [1.54, 1.807) is 0 Å². The molecular weight excluding hydrogens is 713 g/mol. The van der Waals surface area contributed by atoms with Gasteiger partial charge in [-0.2, -0.15) is 0 Å². The Balaban J connectivity index is 4.24. The van der Waals surface area contributed by atoms with Gasteiger partial charge in [-0.3, -0.25) is 18.6 Å². The second-order valence-electron chi connectivity index (χ2n) is 14.2. The van der Waals surface area contributed by atoms with Crippen LogP contribution in [0, 0.1) is 0 Å². The Hall–Kier alpha value is -2.29. The lowest BCUT2D eigenvalue weighted by atomic mass is 10.1. The summed E-state index contributed by atoms with van der Waals surface area (Å²) in [5.74, 6) is -0.873. The number of rotatable bonds is 40. The molecule has 0 radical (unpaired) electrons. The number of ether oxygens (including phenoxy) is 2. The van der Waals surface area contributed by atoms with Crippen LogP contribution in [0.3, 0.4) is 0 Å². The third-order valence-electron chi connectivity index (χ3n) is 8.88. The molecule has 0 aliphatic heterocycles. The molecule has 0 aromatic carbocycles. The normalized spacial score (nSPS) is 13.9. The monoisotopic (exact) mass is 794 g/mol. The smallest absolute Gasteiger partial charge is 0.462 e. The lowest BCUT2D eigenvalue weighted by Crippen LogP contribution is -2.29. The van der Waals surface area contributed by atoms with Gasteiger partial charge in [-0.1, -0.05) is 145 Å². The largest absolute Gasteiger partial charge is 0.472 e. The van der Waals surface area contributed by atoms with Crippen LogP contribution in [0.15, 0.2) is 60.8 Å². The summed E-state index contributed by atoms with van der Waals surface area (Å²) in [7, 11) is -4.39. The molecule has 0 bridgehead atoms. The van der Waals surface area contributed by atoms with Gasteiger partial charge in [-0.05, 0) is 83.5 Å². The van der Waals surface area contributed by atoms with Crippen LogP contribution < -0.4 is 5.73 Å². The standard InChI is InChI=1S/C45H80NO8P/c1-3-5-7-9-11-13-15-17-19-20-21-22-24-26-28-30-32-34-36-38-45(48)54-43(42-53-55(49,50)52-40-39-46)41-51-44(47)37-35-33-31-29-27-25-23-18-16-14-12-10-8-6-4-2/h11,13-14,16-17,19,21-22,26,28,43H,3-10,12,15,18,20,23-25,27,29-42,46H2,1-2H3,(H,49,50)/t43-/m1/s1. The highest BCUT2D eigenvalue weighted by Gasteiger charge is 2.26. The summed E-state index contributed by atoms with van der Waals surface area (Å²) in [6.45, 7) is 3.64. The third kappa shape index (κ3) is 41.2. The molecule has 0 rings (SSSR count). The number of unbranched alkanes of at least 4 members (excludes halogenated alkanes) is 17. The fourth-order valence-corrected chi connectivity index (χ4v) is 6.38. The molecule has 0 aliphatic rings. The van der Waals surface area contributed by atoms with Gasteiger partial charge in [0.1, 0.15) is 6.61 Å². The number of hydrogen-bond donors (Lipinski definition) is 2. The molecule has 55 heavy (non-hydrogen) atoms. The zero-order valence-electron chi connectivity index (χ0n) is 34.9. The van der Waals surface area contributed by atoms with Crippen molar-refractivity contribution in [1.82, 2.24) is 0 Å². The predicted octanol–water partition coefficient (Wildman–Crippen LogP) is 12.5. The summed E-state index contributed by atoms with van der Waals surface area (Å²) in [6.07, 6.45) is 48.2. The zero-order valence-corrected chi connectivity index (χ0v) is 35.8. The number of hydrogen-bond acceptors (Lipinski definition) is 8. The average Bonchev–Trinajstić information content (AvgIpc) is 3.17. The summed E-state index contributed by atoms with van der Waals surface area (Å²) in [6, 6.07) is 0. The minimum atomic E-state index is -4.39. The molecule has 0 aromatic heterocycles. The van der Waals surface area contributed by atoms with Gasteiger partial charge < -0.3 is 20.1 Å². The number of carbonyl (C=O) groups excluding carboxylic acids is 2. The number of carbonyl (C=O) groups is 2. The first-order chi connectivity index (χ1) is 26.8. The second kappa shape index (κ2) is 41.3. The predicted molar refractivity (Wildman–Crippen MR) is 229 cm³/mol. The van der Waals surface area contributed by atoms with E-state index in [4.69, 9.17) is 24.3 Å². The van der Waals surface area contributed by atoms with Crippen LogP contribution in [-0.4, -0.2) is 49.3 Å². The van der Waals surface area contributed by atoms with Crippen LogP contribution in [0.4, 0.5) is 0 Å². The summed E-state index contributed by atoms with van der Waals surface area (Å²) >= 11 is 0. The summed E-state index contributed by atoms with van der Waals surface area (Å²) in [5, 5.41) is 0. The Morgan fingerprint density at radius 1 is 0.545 bits per heavy atom. The van der Waals surface area contributed by atoms with Crippen molar-refractivity contribution in [3.05, 3.63) is 60.8 Å². The van der Waals surface area contributed by atoms with Crippen LogP contribution in [-0.2, 0) is 32.7 Å². The maximum Gasteiger partial charge on any atom is 0.472 e. The minimum absolute atomic E-state index is 0.0449. The number of phosphoric acid groups is 1. The van der Waals surface area contributed by atoms with Gasteiger partial charge in [0.15, 0.2) is 6.10 Å². The summed E-state index contributed by atoms with van der Waals surface area (Å²) in [5.41, 5.74) is 5.34. The quantitative estimate of drug-likeness (QED) is 0.0269. The molecule has 1 unspecified atom stereocenters. The molecule has 0 saturated heterocycles. The first-order valence-corrected chi connectivity index (χ1v) is 23.3. The van der Waals surface area contributed by atoms with E-state index in [1.807, 2.05) is 0 Å². The van der Waals surface area contributed by atoms with Crippen molar-refractivity contribution in [2.45, 2.75) is 187 Å². The van der Waals surface area contributed by atoms with Crippen LogP contribution >= 0.6 is 7.82 Å². The molecule has 9 nitrogen and oxygen atoms in total. The van der Waals surface area contributed by atoms with Crippen LogP contribution in [0.25, 0.3) is 0 Å². The maximum atomic E-state index is 12.6. The van der Waals surface area contributed by atoms with Crippen molar-refractivity contribution in [1.29, 1.82) is 0 Å². The number of esters is 2. The first-order valence-electron chi connectivity index (χ1n) is 21.8. The van der Waals surface area contributed by atoms with Crippen molar-refractivity contribution in [3.63, 3.8) is 0 Å². The molecule has 0 spiro atoms. The van der Waals surface area contributed by atoms with Gasteiger partial charge in [0.25, 0.3) is 0 Å².